The lowest BCUT2D eigenvalue weighted by atomic mass is 9.95. The molecule has 0 aliphatic carbocycles. The number of amides is 2. The lowest BCUT2D eigenvalue weighted by Crippen LogP contribution is -2.31. The third-order valence-corrected chi connectivity index (χ3v) is 7.93. The maximum absolute atomic E-state index is 13.6. The summed E-state index contributed by atoms with van der Waals surface area (Å²) in [5.74, 6) is -2.11. The van der Waals surface area contributed by atoms with Crippen molar-refractivity contribution in [3.63, 3.8) is 0 Å². The van der Waals surface area contributed by atoms with Crippen LogP contribution in [0.3, 0.4) is 0 Å². The van der Waals surface area contributed by atoms with Crippen molar-refractivity contribution in [2.24, 2.45) is 0 Å². The first-order valence-electron chi connectivity index (χ1n) is 12.9. The molecule has 0 bridgehead atoms. The second-order valence-electron chi connectivity index (χ2n) is 9.98. The van der Waals surface area contributed by atoms with Crippen LogP contribution in [-0.4, -0.2) is 52.8 Å². The number of alkyl halides is 6. The molecule has 0 aromatic heterocycles. The van der Waals surface area contributed by atoms with Gasteiger partial charge in [0.25, 0.3) is 5.91 Å². The Labute approximate surface area is 262 Å². The maximum Gasteiger partial charge on any atom is 0.416 e. The van der Waals surface area contributed by atoms with Gasteiger partial charge in [-0.1, -0.05) is 30.0 Å². The van der Waals surface area contributed by atoms with Gasteiger partial charge in [-0.2, -0.15) is 26.3 Å². The molecule has 0 atom stereocenters. The molecule has 0 radical (unpaired) electrons. The molecule has 3 aromatic carbocycles. The van der Waals surface area contributed by atoms with Gasteiger partial charge in [-0.3, -0.25) is 14.5 Å². The van der Waals surface area contributed by atoms with Gasteiger partial charge in [0.2, 0.25) is 5.91 Å². The Morgan fingerprint density at radius 1 is 0.956 bits per heavy atom. The molecular weight excluding hydrogens is 644 g/mol. The van der Waals surface area contributed by atoms with Crippen LogP contribution in [0.1, 0.15) is 33.5 Å². The van der Waals surface area contributed by atoms with Crippen LogP contribution in [0.2, 0.25) is 0 Å². The highest BCUT2D eigenvalue weighted by Crippen LogP contribution is 2.41. The first-order chi connectivity index (χ1) is 20.9. The van der Waals surface area contributed by atoms with E-state index in [2.05, 4.69) is 5.32 Å². The molecule has 1 saturated heterocycles. The molecule has 4 rings (SSSR count). The monoisotopic (exact) mass is 667 g/mol. The fraction of sp³-hybridized carbons (Fsp3) is 0.200. The molecule has 1 aliphatic rings. The highest BCUT2D eigenvalue weighted by Gasteiger charge is 2.37. The molecule has 0 unspecified atom stereocenters. The third kappa shape index (κ3) is 8.02. The molecular formula is C30H23F6N3O4S2. The zero-order valence-electron chi connectivity index (χ0n) is 23.4. The number of carbonyl (C=O) groups is 3. The summed E-state index contributed by atoms with van der Waals surface area (Å²) in [6, 6.07) is 11.3. The molecule has 1 heterocycles. The molecule has 45 heavy (non-hydrogen) atoms. The summed E-state index contributed by atoms with van der Waals surface area (Å²) in [4.78, 5) is 39.4. The van der Waals surface area contributed by atoms with Gasteiger partial charge >= 0.3 is 18.3 Å². The van der Waals surface area contributed by atoms with E-state index in [1.165, 1.54) is 52.3 Å². The van der Waals surface area contributed by atoms with E-state index in [0.717, 1.165) is 11.8 Å². The third-order valence-electron chi connectivity index (χ3n) is 6.55. The second-order valence-corrected chi connectivity index (χ2v) is 11.7. The van der Waals surface area contributed by atoms with Gasteiger partial charge in [-0.25, -0.2) is 4.79 Å². The van der Waals surface area contributed by atoms with Gasteiger partial charge in [-0.15, -0.1) is 0 Å². The van der Waals surface area contributed by atoms with Crippen molar-refractivity contribution < 1.29 is 45.8 Å². The highest BCUT2D eigenvalue weighted by molar-refractivity contribution is 8.26. The van der Waals surface area contributed by atoms with Crippen LogP contribution in [0.25, 0.3) is 17.2 Å². The van der Waals surface area contributed by atoms with Crippen LogP contribution < -0.4 is 10.2 Å². The van der Waals surface area contributed by atoms with E-state index in [4.69, 9.17) is 17.3 Å². The smallest absolute Gasteiger partial charge is 0.416 e. The van der Waals surface area contributed by atoms with E-state index in [1.54, 1.807) is 20.2 Å². The van der Waals surface area contributed by atoms with E-state index >= 15 is 0 Å². The Kier molecular flexibility index (Phi) is 9.63. The van der Waals surface area contributed by atoms with E-state index in [0.29, 0.717) is 29.1 Å². The molecule has 236 valence electrons. The number of thioether (sulfide) groups is 1. The topological polar surface area (TPSA) is 89.9 Å². The van der Waals surface area contributed by atoms with Crippen molar-refractivity contribution in [2.45, 2.75) is 18.8 Å². The molecule has 3 aromatic rings. The zero-order chi connectivity index (χ0) is 33.3. The molecule has 7 nitrogen and oxygen atoms in total. The molecule has 2 N–H and O–H groups in total. The van der Waals surface area contributed by atoms with E-state index < -0.39 is 41.3 Å². The van der Waals surface area contributed by atoms with Gasteiger partial charge in [0, 0.05) is 44.0 Å². The number of nitrogens with one attached hydrogen (secondary N) is 1. The predicted octanol–water partition coefficient (Wildman–Crippen LogP) is 7.39. The fourth-order valence-electron chi connectivity index (χ4n) is 4.35. The lowest BCUT2D eigenvalue weighted by molar-refractivity contribution is -0.143. The molecule has 0 spiro atoms. The fourth-order valence-corrected chi connectivity index (χ4v) is 5.66. The number of carbonyl (C=O) groups excluding carboxylic acids is 2. The second kappa shape index (κ2) is 12.9. The number of nitrogens with zero attached hydrogens (tertiary/aromatic N) is 2. The summed E-state index contributed by atoms with van der Waals surface area (Å²) in [6.07, 6.45) is -8.77. The van der Waals surface area contributed by atoms with Crippen LogP contribution in [0, 0.1) is 0 Å². The summed E-state index contributed by atoms with van der Waals surface area (Å²) in [5, 5.41) is 11.6. The summed E-state index contributed by atoms with van der Waals surface area (Å²) in [5.41, 5.74) is -2.08. The van der Waals surface area contributed by atoms with E-state index in [9.17, 15) is 40.7 Å². The van der Waals surface area contributed by atoms with Crippen molar-refractivity contribution in [1.29, 1.82) is 0 Å². The standard InChI is InChI=1S/C30H23F6N3O4S2/c1-38(2)23-8-3-16(11-22(23)18-13-19(29(31,32)33)15-20(14-18)30(34,35)36)12-24-26(41)39(28(44)45-24)10-9-25(40)37-21-6-4-17(5-7-21)27(42)43/h3-8,11-15H,9-10H2,1-2H3,(H,37,40)(H,42,43)/b24-12-. The minimum absolute atomic E-state index is 0.0433. The van der Waals surface area contributed by atoms with Gasteiger partial charge in [0.1, 0.15) is 4.32 Å². The quantitative estimate of drug-likeness (QED) is 0.147. The van der Waals surface area contributed by atoms with Gasteiger partial charge in [0.15, 0.2) is 0 Å². The summed E-state index contributed by atoms with van der Waals surface area (Å²) in [6.45, 7) is -0.0731. The van der Waals surface area contributed by atoms with Crippen molar-refractivity contribution in [3.8, 4) is 11.1 Å². The Morgan fingerprint density at radius 3 is 2.09 bits per heavy atom. The number of thiocarbonyl (C=S) groups is 1. The van der Waals surface area contributed by atoms with Crippen LogP contribution in [-0.2, 0) is 21.9 Å². The Balaban J connectivity index is 1.57. The summed E-state index contributed by atoms with van der Waals surface area (Å²) in [7, 11) is 3.17. The van der Waals surface area contributed by atoms with Gasteiger partial charge < -0.3 is 15.3 Å². The van der Waals surface area contributed by atoms with Crippen molar-refractivity contribution >= 4 is 63.5 Å². The SMILES string of the molecule is CN(C)c1ccc(/C=C2\SC(=S)N(CCC(=O)Nc3ccc(C(=O)O)cc3)C2=O)cc1-c1cc(C(F)(F)F)cc(C(F)(F)F)c1. The van der Waals surface area contributed by atoms with Gasteiger partial charge in [0.05, 0.1) is 21.6 Å². The van der Waals surface area contributed by atoms with Crippen molar-refractivity contribution in [2.75, 3.05) is 30.9 Å². The average Bonchev–Trinajstić information content (AvgIpc) is 3.22. The molecule has 1 fully saturated rings. The molecule has 0 saturated carbocycles. The first-order valence-corrected chi connectivity index (χ1v) is 14.2. The predicted molar refractivity (Wildman–Crippen MR) is 163 cm³/mol. The first kappa shape index (κ1) is 33.5. The Hall–Kier alpha value is -4.37. The molecule has 15 heteroatoms. The number of halogens is 6. The molecule has 2 amide bonds. The number of hydrogen-bond donors (Lipinski definition) is 2. The van der Waals surface area contributed by atoms with Crippen LogP contribution in [0.5, 0.6) is 0 Å². The maximum atomic E-state index is 13.6. The zero-order valence-corrected chi connectivity index (χ0v) is 25.0. The van der Waals surface area contributed by atoms with Crippen LogP contribution >= 0.6 is 24.0 Å². The number of carboxylic acids is 1. The van der Waals surface area contributed by atoms with Crippen LogP contribution in [0.4, 0.5) is 37.7 Å². The normalized spacial score (nSPS) is 14.7. The number of aromatic carboxylic acids is 1. The average molecular weight is 668 g/mol. The number of benzene rings is 3. The largest absolute Gasteiger partial charge is 0.478 e. The number of carboxylic acid groups (broad SMARTS) is 1. The Bertz CT molecular complexity index is 1670. The Morgan fingerprint density at radius 2 is 1.56 bits per heavy atom. The number of rotatable bonds is 8. The summed E-state index contributed by atoms with van der Waals surface area (Å²) >= 11 is 6.24. The highest BCUT2D eigenvalue weighted by atomic mass is 32.2. The molecule has 1 aliphatic heterocycles. The number of anilines is 2. The number of hydrogen-bond acceptors (Lipinski definition) is 6. The minimum Gasteiger partial charge on any atom is -0.478 e. The van der Waals surface area contributed by atoms with E-state index in [-0.39, 0.29) is 44.9 Å². The van der Waals surface area contributed by atoms with Gasteiger partial charge in [-0.05, 0) is 71.8 Å². The van der Waals surface area contributed by atoms with E-state index in [1.807, 2.05) is 0 Å². The van der Waals surface area contributed by atoms with Crippen LogP contribution in [0.15, 0.2) is 65.6 Å². The van der Waals surface area contributed by atoms with Crippen molar-refractivity contribution in [1.82, 2.24) is 4.90 Å². The minimum atomic E-state index is -5.03. The summed E-state index contributed by atoms with van der Waals surface area (Å²) < 4.78 is 81.5. The van der Waals surface area contributed by atoms with Crippen molar-refractivity contribution in [3.05, 3.63) is 87.8 Å². The lowest BCUT2D eigenvalue weighted by Gasteiger charge is -2.20.